The summed E-state index contributed by atoms with van der Waals surface area (Å²) in [5, 5.41) is 9.71. The summed E-state index contributed by atoms with van der Waals surface area (Å²) < 4.78 is 40.1. The van der Waals surface area contributed by atoms with Gasteiger partial charge in [-0.1, -0.05) is 6.07 Å². The van der Waals surface area contributed by atoms with Gasteiger partial charge in [-0.05, 0) is 36.4 Å². The van der Waals surface area contributed by atoms with E-state index in [9.17, 15) is 27.9 Å². The lowest BCUT2D eigenvalue weighted by Gasteiger charge is -2.15. The summed E-state index contributed by atoms with van der Waals surface area (Å²) >= 11 is 0. The van der Waals surface area contributed by atoms with Crippen molar-refractivity contribution in [3.8, 4) is 11.5 Å². The molecule has 0 saturated carbocycles. The standard InChI is InChI=1S/C15H8F3NO4/c16-15(17,18)23-9-6-4-8(5-7-9)19-13(21)10-2-1-3-11(20)12(10)14(19)22/h1-7,20H. The van der Waals surface area contributed by atoms with Crippen LogP contribution in [-0.4, -0.2) is 23.3 Å². The van der Waals surface area contributed by atoms with Crippen molar-refractivity contribution in [2.75, 3.05) is 4.90 Å². The minimum absolute atomic E-state index is 0.0330. The Bertz CT molecular complexity index is 799. The van der Waals surface area contributed by atoms with Crippen LogP contribution in [0.25, 0.3) is 0 Å². The zero-order valence-corrected chi connectivity index (χ0v) is 11.3. The molecule has 0 aromatic heterocycles. The van der Waals surface area contributed by atoms with Crippen molar-refractivity contribution in [2.45, 2.75) is 6.36 Å². The molecule has 2 aromatic rings. The van der Waals surface area contributed by atoms with E-state index in [1.807, 2.05) is 0 Å². The van der Waals surface area contributed by atoms with Crippen molar-refractivity contribution in [2.24, 2.45) is 0 Å². The quantitative estimate of drug-likeness (QED) is 0.863. The predicted molar refractivity (Wildman–Crippen MR) is 72.4 cm³/mol. The topological polar surface area (TPSA) is 66.8 Å². The third-order valence-electron chi connectivity index (χ3n) is 3.22. The number of imide groups is 1. The maximum Gasteiger partial charge on any atom is 0.573 e. The third-order valence-corrected chi connectivity index (χ3v) is 3.22. The Balaban J connectivity index is 1.93. The summed E-state index contributed by atoms with van der Waals surface area (Å²) in [6, 6.07) is 8.37. The average molecular weight is 323 g/mol. The first-order chi connectivity index (χ1) is 10.8. The van der Waals surface area contributed by atoms with Gasteiger partial charge in [0, 0.05) is 0 Å². The molecule has 0 bridgehead atoms. The Morgan fingerprint density at radius 1 is 0.957 bits per heavy atom. The van der Waals surface area contributed by atoms with E-state index in [-0.39, 0.29) is 22.6 Å². The van der Waals surface area contributed by atoms with Gasteiger partial charge >= 0.3 is 6.36 Å². The second kappa shape index (κ2) is 5.01. The molecule has 0 atom stereocenters. The normalized spacial score (nSPS) is 14.1. The maximum atomic E-state index is 12.3. The number of benzene rings is 2. The van der Waals surface area contributed by atoms with E-state index in [1.165, 1.54) is 18.2 Å². The molecule has 0 unspecified atom stereocenters. The molecule has 8 heteroatoms. The van der Waals surface area contributed by atoms with Gasteiger partial charge in [-0.15, -0.1) is 13.2 Å². The largest absolute Gasteiger partial charge is 0.573 e. The number of carbonyl (C=O) groups is 2. The fraction of sp³-hybridized carbons (Fsp3) is 0.0667. The van der Waals surface area contributed by atoms with E-state index in [0.29, 0.717) is 0 Å². The van der Waals surface area contributed by atoms with Crippen LogP contribution in [-0.2, 0) is 0 Å². The molecule has 2 amide bonds. The molecule has 0 radical (unpaired) electrons. The highest BCUT2D eigenvalue weighted by molar-refractivity contribution is 6.35. The van der Waals surface area contributed by atoms with Crippen LogP contribution in [0.1, 0.15) is 20.7 Å². The van der Waals surface area contributed by atoms with Crippen LogP contribution in [0.2, 0.25) is 0 Å². The number of anilines is 1. The minimum Gasteiger partial charge on any atom is -0.507 e. The Kier molecular flexibility index (Phi) is 3.24. The molecule has 1 aliphatic heterocycles. The number of fused-ring (bicyclic) bond motifs is 1. The zero-order valence-electron chi connectivity index (χ0n) is 11.3. The van der Waals surface area contributed by atoms with Crippen molar-refractivity contribution in [3.05, 3.63) is 53.6 Å². The van der Waals surface area contributed by atoms with E-state index in [0.717, 1.165) is 29.2 Å². The molecular formula is C15H8F3NO4. The van der Waals surface area contributed by atoms with Crippen molar-refractivity contribution in [1.29, 1.82) is 0 Å². The van der Waals surface area contributed by atoms with E-state index in [2.05, 4.69) is 4.74 Å². The first-order valence-corrected chi connectivity index (χ1v) is 6.34. The molecule has 1 heterocycles. The Morgan fingerprint density at radius 2 is 1.61 bits per heavy atom. The van der Waals surface area contributed by atoms with Gasteiger partial charge in [-0.3, -0.25) is 9.59 Å². The number of ether oxygens (including phenoxy) is 1. The summed E-state index contributed by atoms with van der Waals surface area (Å²) in [7, 11) is 0. The number of halogens is 3. The molecule has 23 heavy (non-hydrogen) atoms. The average Bonchev–Trinajstić information content (AvgIpc) is 2.72. The van der Waals surface area contributed by atoms with Gasteiger partial charge in [0.15, 0.2) is 0 Å². The van der Waals surface area contributed by atoms with Crippen LogP contribution in [0.5, 0.6) is 11.5 Å². The van der Waals surface area contributed by atoms with Crippen LogP contribution in [0.4, 0.5) is 18.9 Å². The smallest absolute Gasteiger partial charge is 0.507 e. The molecule has 1 N–H and O–H groups in total. The molecule has 3 rings (SSSR count). The van der Waals surface area contributed by atoms with Gasteiger partial charge in [0.25, 0.3) is 11.8 Å². The summed E-state index contributed by atoms with van der Waals surface area (Å²) in [4.78, 5) is 25.3. The van der Waals surface area contributed by atoms with E-state index >= 15 is 0 Å². The Labute approximate surface area is 127 Å². The van der Waals surface area contributed by atoms with Gasteiger partial charge in [-0.2, -0.15) is 0 Å². The van der Waals surface area contributed by atoms with Crippen molar-refractivity contribution in [1.82, 2.24) is 0 Å². The van der Waals surface area contributed by atoms with Gasteiger partial charge < -0.3 is 9.84 Å². The highest BCUT2D eigenvalue weighted by atomic mass is 19.4. The van der Waals surface area contributed by atoms with Gasteiger partial charge in [0.05, 0.1) is 16.8 Å². The first kappa shape index (κ1) is 14.9. The molecule has 0 fully saturated rings. The number of amides is 2. The van der Waals surface area contributed by atoms with Crippen molar-refractivity contribution >= 4 is 17.5 Å². The molecule has 118 valence electrons. The highest BCUT2D eigenvalue weighted by Crippen LogP contribution is 2.34. The maximum absolute atomic E-state index is 12.3. The molecule has 0 saturated heterocycles. The van der Waals surface area contributed by atoms with Crippen LogP contribution < -0.4 is 9.64 Å². The van der Waals surface area contributed by atoms with Gasteiger partial charge in [0.1, 0.15) is 11.5 Å². The molecule has 2 aromatic carbocycles. The summed E-state index contributed by atoms with van der Waals surface area (Å²) in [5.41, 5.74) is -0.0242. The number of nitrogens with zero attached hydrogens (tertiary/aromatic N) is 1. The monoisotopic (exact) mass is 323 g/mol. The first-order valence-electron chi connectivity index (χ1n) is 6.34. The van der Waals surface area contributed by atoms with E-state index in [1.54, 1.807) is 0 Å². The van der Waals surface area contributed by atoms with Gasteiger partial charge in [0.2, 0.25) is 0 Å². The lowest BCUT2D eigenvalue weighted by atomic mass is 10.1. The number of rotatable bonds is 2. The second-order valence-electron chi connectivity index (χ2n) is 4.69. The molecule has 0 aliphatic carbocycles. The molecule has 0 spiro atoms. The summed E-state index contributed by atoms with van der Waals surface area (Å²) in [5.74, 6) is -2.21. The lowest BCUT2D eigenvalue weighted by molar-refractivity contribution is -0.274. The fourth-order valence-corrected chi connectivity index (χ4v) is 2.30. The molecule has 1 aliphatic rings. The summed E-state index contributed by atoms with van der Waals surface area (Å²) in [6.07, 6.45) is -4.83. The zero-order chi connectivity index (χ0) is 16.8. The number of phenols is 1. The molecular weight excluding hydrogens is 315 g/mol. The van der Waals surface area contributed by atoms with Gasteiger partial charge in [-0.25, -0.2) is 4.90 Å². The number of carbonyl (C=O) groups excluding carboxylic acids is 2. The number of hydrogen-bond acceptors (Lipinski definition) is 4. The van der Waals surface area contributed by atoms with E-state index < -0.39 is 23.9 Å². The fourth-order valence-electron chi connectivity index (χ4n) is 2.30. The number of phenolic OH excluding ortho intramolecular Hbond substituents is 1. The predicted octanol–water partition coefficient (Wildman–Crippen LogP) is 3.09. The van der Waals surface area contributed by atoms with Crippen LogP contribution >= 0.6 is 0 Å². The highest BCUT2D eigenvalue weighted by Gasteiger charge is 2.39. The number of alkyl halides is 3. The third kappa shape index (κ3) is 2.59. The minimum atomic E-state index is -4.83. The molecule has 5 nitrogen and oxygen atoms in total. The Morgan fingerprint density at radius 3 is 2.17 bits per heavy atom. The number of aromatic hydroxyl groups is 1. The van der Waals surface area contributed by atoms with Crippen molar-refractivity contribution in [3.63, 3.8) is 0 Å². The lowest BCUT2D eigenvalue weighted by Crippen LogP contribution is -2.29. The SMILES string of the molecule is O=C1c2cccc(O)c2C(=O)N1c1ccc(OC(F)(F)F)cc1. The Hall–Kier alpha value is -3.03. The van der Waals surface area contributed by atoms with Crippen LogP contribution in [0.3, 0.4) is 0 Å². The summed E-state index contributed by atoms with van der Waals surface area (Å²) in [6.45, 7) is 0. The van der Waals surface area contributed by atoms with Crippen molar-refractivity contribution < 1.29 is 32.6 Å². The van der Waals surface area contributed by atoms with Crippen LogP contribution in [0, 0.1) is 0 Å². The second-order valence-corrected chi connectivity index (χ2v) is 4.69. The van der Waals surface area contributed by atoms with Crippen LogP contribution in [0.15, 0.2) is 42.5 Å². The van der Waals surface area contributed by atoms with E-state index in [4.69, 9.17) is 0 Å². The number of hydrogen-bond donors (Lipinski definition) is 1.